The maximum Gasteiger partial charge on any atom is 0.310 e. The lowest BCUT2D eigenvalue weighted by Gasteiger charge is -2.31. The molecular weight excluding hydrogens is 436 g/mol. The number of benzene rings is 1. The van der Waals surface area contributed by atoms with E-state index < -0.39 is 15.9 Å². The average Bonchev–Trinajstić information content (AvgIpc) is 3.04. The maximum atomic E-state index is 13.3. The third-order valence-corrected chi connectivity index (χ3v) is 7.85. The largest absolute Gasteiger partial charge is 0.466 e. The molecule has 0 saturated carbocycles. The van der Waals surface area contributed by atoms with Crippen molar-refractivity contribution in [3.8, 4) is 0 Å². The molecule has 0 radical (unpaired) electrons. The number of piperidine rings is 1. The van der Waals surface area contributed by atoms with Gasteiger partial charge in [0.05, 0.1) is 17.4 Å². The Morgan fingerprint density at radius 3 is 2.70 bits per heavy atom. The summed E-state index contributed by atoms with van der Waals surface area (Å²) in [5, 5.41) is 0. The smallest absolute Gasteiger partial charge is 0.310 e. The lowest BCUT2D eigenvalue weighted by molar-refractivity contribution is -0.149. The zero-order chi connectivity index (χ0) is 19.8. The van der Waals surface area contributed by atoms with E-state index in [1.54, 1.807) is 24.0 Å². The van der Waals surface area contributed by atoms with Crippen molar-refractivity contribution in [1.29, 1.82) is 0 Å². The van der Waals surface area contributed by atoms with E-state index in [1.165, 1.54) is 11.2 Å². The number of nitrogens with zero attached hydrogens (tertiary/aromatic N) is 2. The standard InChI is InChI=1S/C18H23BrN2O5S/c1-3-26-18(23)14-5-4-7-20(11-14)27(24,25)17-10-16-13(9-15(17)19)6-8-21(16)12(2)22/h9-10,14H,3-8,11H2,1-2H3/t14-/m0/s1. The quantitative estimate of drug-likeness (QED) is 0.646. The summed E-state index contributed by atoms with van der Waals surface area (Å²) in [6.07, 6.45) is 1.92. The molecule has 2 aliphatic heterocycles. The van der Waals surface area contributed by atoms with Gasteiger partial charge in [0.1, 0.15) is 0 Å². The fraction of sp³-hybridized carbons (Fsp3) is 0.556. The summed E-state index contributed by atoms with van der Waals surface area (Å²) >= 11 is 3.38. The van der Waals surface area contributed by atoms with Crippen molar-refractivity contribution < 1.29 is 22.7 Å². The summed E-state index contributed by atoms with van der Waals surface area (Å²) in [5.41, 5.74) is 1.59. The molecule has 2 heterocycles. The molecule has 0 unspecified atom stereocenters. The van der Waals surface area contributed by atoms with Gasteiger partial charge in [-0.3, -0.25) is 9.59 Å². The van der Waals surface area contributed by atoms with Gasteiger partial charge < -0.3 is 9.64 Å². The second-order valence-corrected chi connectivity index (χ2v) is 9.55. The van der Waals surface area contributed by atoms with Crippen LogP contribution < -0.4 is 4.90 Å². The van der Waals surface area contributed by atoms with Crippen LogP contribution in [0.5, 0.6) is 0 Å². The molecule has 1 atom stereocenters. The number of hydrogen-bond donors (Lipinski definition) is 0. The first-order valence-corrected chi connectivity index (χ1v) is 11.3. The zero-order valence-corrected chi connectivity index (χ0v) is 17.8. The molecule has 148 valence electrons. The molecule has 2 aliphatic rings. The van der Waals surface area contributed by atoms with Gasteiger partial charge in [-0.25, -0.2) is 8.42 Å². The lowest BCUT2D eigenvalue weighted by Crippen LogP contribution is -2.42. The molecule has 1 saturated heterocycles. The Balaban J connectivity index is 1.92. The molecule has 1 amide bonds. The number of rotatable bonds is 4. The minimum atomic E-state index is -3.80. The van der Waals surface area contributed by atoms with Gasteiger partial charge in [-0.2, -0.15) is 4.31 Å². The first-order valence-electron chi connectivity index (χ1n) is 9.03. The number of ether oxygens (including phenoxy) is 1. The van der Waals surface area contributed by atoms with E-state index in [0.29, 0.717) is 42.5 Å². The molecule has 0 bridgehead atoms. The van der Waals surface area contributed by atoms with Crippen LogP contribution in [0.2, 0.25) is 0 Å². The Morgan fingerprint density at radius 1 is 1.30 bits per heavy atom. The van der Waals surface area contributed by atoms with Crippen molar-refractivity contribution in [2.24, 2.45) is 5.92 Å². The summed E-state index contributed by atoms with van der Waals surface area (Å²) in [7, 11) is -3.80. The lowest BCUT2D eigenvalue weighted by atomic mass is 10.0. The second-order valence-electron chi connectivity index (χ2n) is 6.79. The number of sulfonamides is 1. The van der Waals surface area contributed by atoms with E-state index in [-0.39, 0.29) is 29.9 Å². The fourth-order valence-electron chi connectivity index (χ4n) is 3.67. The number of halogens is 1. The van der Waals surface area contributed by atoms with Gasteiger partial charge in [-0.1, -0.05) is 0 Å². The number of amides is 1. The van der Waals surface area contributed by atoms with Gasteiger partial charge in [0.25, 0.3) is 0 Å². The van der Waals surface area contributed by atoms with Crippen LogP contribution in [0, 0.1) is 5.92 Å². The molecule has 1 aromatic rings. The van der Waals surface area contributed by atoms with Crippen molar-refractivity contribution >= 4 is 43.5 Å². The van der Waals surface area contributed by atoms with Crippen molar-refractivity contribution in [2.75, 3.05) is 31.1 Å². The van der Waals surface area contributed by atoms with Crippen LogP contribution >= 0.6 is 15.9 Å². The number of hydrogen-bond acceptors (Lipinski definition) is 5. The molecular formula is C18H23BrN2O5S. The average molecular weight is 459 g/mol. The van der Waals surface area contributed by atoms with E-state index in [0.717, 1.165) is 5.56 Å². The molecule has 3 rings (SSSR count). The van der Waals surface area contributed by atoms with Crippen molar-refractivity contribution in [1.82, 2.24) is 4.31 Å². The van der Waals surface area contributed by atoms with Gasteiger partial charge in [0, 0.05) is 36.7 Å². The number of fused-ring (bicyclic) bond motifs is 1. The summed E-state index contributed by atoms with van der Waals surface area (Å²) in [5.74, 6) is -0.914. The third kappa shape index (κ3) is 3.90. The van der Waals surface area contributed by atoms with Crippen LogP contribution in [0.4, 0.5) is 5.69 Å². The highest BCUT2D eigenvalue weighted by molar-refractivity contribution is 9.10. The SMILES string of the molecule is CCOC(=O)[C@H]1CCCN(S(=O)(=O)c2cc3c(cc2Br)CCN3C(C)=O)C1. The number of anilines is 1. The van der Waals surface area contributed by atoms with Gasteiger partial charge in [0.2, 0.25) is 15.9 Å². The van der Waals surface area contributed by atoms with Crippen molar-refractivity contribution in [3.63, 3.8) is 0 Å². The van der Waals surface area contributed by atoms with Gasteiger partial charge in [0.15, 0.2) is 0 Å². The van der Waals surface area contributed by atoms with Gasteiger partial charge in [-0.15, -0.1) is 0 Å². The van der Waals surface area contributed by atoms with E-state index in [9.17, 15) is 18.0 Å². The van der Waals surface area contributed by atoms with E-state index in [4.69, 9.17) is 4.74 Å². The van der Waals surface area contributed by atoms with Crippen LogP contribution in [0.25, 0.3) is 0 Å². The molecule has 0 N–H and O–H groups in total. The van der Waals surface area contributed by atoms with E-state index >= 15 is 0 Å². The molecule has 1 fully saturated rings. The summed E-state index contributed by atoms with van der Waals surface area (Å²) in [6, 6.07) is 3.34. The van der Waals surface area contributed by atoms with E-state index in [1.807, 2.05) is 0 Å². The Bertz CT molecular complexity index is 871. The van der Waals surface area contributed by atoms with Crippen LogP contribution in [0.3, 0.4) is 0 Å². The van der Waals surface area contributed by atoms with Crippen LogP contribution in [-0.4, -0.2) is 50.8 Å². The first kappa shape index (κ1) is 20.3. The molecule has 1 aromatic carbocycles. The van der Waals surface area contributed by atoms with Crippen molar-refractivity contribution in [2.45, 2.75) is 38.0 Å². The van der Waals surface area contributed by atoms with E-state index in [2.05, 4.69) is 15.9 Å². The van der Waals surface area contributed by atoms with Crippen LogP contribution in [0.15, 0.2) is 21.5 Å². The van der Waals surface area contributed by atoms with Crippen molar-refractivity contribution in [3.05, 3.63) is 22.2 Å². The second kappa shape index (κ2) is 7.89. The predicted molar refractivity (Wildman–Crippen MR) is 104 cm³/mol. The molecule has 27 heavy (non-hydrogen) atoms. The predicted octanol–water partition coefficient (Wildman–Crippen LogP) is 2.32. The maximum absolute atomic E-state index is 13.3. The minimum Gasteiger partial charge on any atom is -0.466 e. The Hall–Kier alpha value is -1.45. The first-order chi connectivity index (χ1) is 12.8. The fourth-order valence-corrected chi connectivity index (χ4v) is 6.26. The summed E-state index contributed by atoms with van der Waals surface area (Å²) in [6.45, 7) is 4.51. The number of carbonyl (C=O) groups excluding carboxylic acids is 2. The topological polar surface area (TPSA) is 84.0 Å². The molecule has 7 nitrogen and oxygen atoms in total. The normalized spacial score (nSPS) is 20.4. The minimum absolute atomic E-state index is 0.111. The third-order valence-electron chi connectivity index (χ3n) is 5.03. The number of esters is 1. The van der Waals surface area contributed by atoms with Crippen LogP contribution in [-0.2, 0) is 30.8 Å². The zero-order valence-electron chi connectivity index (χ0n) is 15.4. The summed E-state index contributed by atoms with van der Waals surface area (Å²) < 4.78 is 33.4. The monoisotopic (exact) mass is 458 g/mol. The molecule has 9 heteroatoms. The Morgan fingerprint density at radius 2 is 2.04 bits per heavy atom. The highest BCUT2D eigenvalue weighted by Crippen LogP contribution is 2.37. The van der Waals surface area contributed by atoms with Crippen LogP contribution in [0.1, 0.15) is 32.3 Å². The highest BCUT2D eigenvalue weighted by atomic mass is 79.9. The highest BCUT2D eigenvalue weighted by Gasteiger charge is 2.36. The Kier molecular flexibility index (Phi) is 5.93. The van der Waals surface area contributed by atoms with Gasteiger partial charge in [-0.05, 0) is 59.8 Å². The Labute approximate surface area is 167 Å². The molecule has 0 spiro atoms. The molecule has 0 aliphatic carbocycles. The summed E-state index contributed by atoms with van der Waals surface area (Å²) in [4.78, 5) is 25.6. The molecule has 0 aromatic heterocycles. The van der Waals surface area contributed by atoms with Gasteiger partial charge >= 0.3 is 5.97 Å². The number of carbonyl (C=O) groups is 2.